The number of hydrogen-bond acceptors (Lipinski definition) is 5. The summed E-state index contributed by atoms with van der Waals surface area (Å²) < 4.78 is 15.3. The summed E-state index contributed by atoms with van der Waals surface area (Å²) >= 11 is 0. The Bertz CT molecular complexity index is 372. The fourth-order valence-electron chi connectivity index (χ4n) is 1.40. The molecule has 0 spiro atoms. The molecule has 108 valence electrons. The number of rotatable bonds is 9. The minimum absolute atomic E-state index is 0.221. The van der Waals surface area contributed by atoms with Crippen molar-refractivity contribution in [3.8, 4) is 0 Å². The Labute approximate surface area is 113 Å². The zero-order valence-corrected chi connectivity index (χ0v) is 11.6. The van der Waals surface area contributed by atoms with Gasteiger partial charge in [-0.25, -0.2) is 4.79 Å². The molecule has 0 amide bonds. The van der Waals surface area contributed by atoms with E-state index in [1.54, 1.807) is 0 Å². The summed E-state index contributed by atoms with van der Waals surface area (Å²) in [4.78, 5) is 11.6. The molecule has 1 heterocycles. The lowest BCUT2D eigenvalue weighted by molar-refractivity contribution is -0.115. The first-order chi connectivity index (χ1) is 9.19. The number of furan rings is 1. The molecule has 0 radical (unpaired) electrons. The van der Waals surface area contributed by atoms with E-state index in [9.17, 15) is 9.90 Å². The van der Waals surface area contributed by atoms with Crippen LogP contribution in [-0.4, -0.2) is 24.3 Å². The van der Waals surface area contributed by atoms with Gasteiger partial charge < -0.3 is 19.0 Å². The van der Waals surface area contributed by atoms with E-state index >= 15 is 0 Å². The van der Waals surface area contributed by atoms with Crippen molar-refractivity contribution in [2.45, 2.75) is 45.8 Å². The van der Waals surface area contributed by atoms with E-state index in [0.29, 0.717) is 18.8 Å². The summed E-state index contributed by atoms with van der Waals surface area (Å²) in [5.74, 6) is -0.220. The molecule has 0 saturated carbocycles. The summed E-state index contributed by atoms with van der Waals surface area (Å²) in [7, 11) is 0. The highest BCUT2D eigenvalue weighted by Gasteiger charge is 2.17. The molecule has 1 N–H and O–H groups in total. The summed E-state index contributed by atoms with van der Waals surface area (Å²) in [5.41, 5.74) is 0.296. The Morgan fingerprint density at radius 3 is 2.68 bits per heavy atom. The third kappa shape index (κ3) is 5.44. The molecule has 1 unspecified atom stereocenters. The molecular weight excluding hydrogens is 248 g/mol. The quantitative estimate of drug-likeness (QED) is 0.424. The lowest BCUT2D eigenvalue weighted by Crippen LogP contribution is -2.06. The van der Waals surface area contributed by atoms with Crippen LogP contribution < -0.4 is 0 Å². The van der Waals surface area contributed by atoms with E-state index < -0.39 is 12.3 Å². The first-order valence-electron chi connectivity index (χ1n) is 6.74. The molecule has 0 saturated heterocycles. The maximum absolute atomic E-state index is 11.6. The maximum Gasteiger partial charge on any atom is 0.341 e. The van der Waals surface area contributed by atoms with Gasteiger partial charge in [0.05, 0.1) is 18.8 Å². The van der Waals surface area contributed by atoms with Gasteiger partial charge in [0.25, 0.3) is 0 Å². The highest BCUT2D eigenvalue weighted by atomic mass is 16.6. The fourth-order valence-corrected chi connectivity index (χ4v) is 1.40. The largest absolute Gasteiger partial charge is 0.463 e. The van der Waals surface area contributed by atoms with Crippen molar-refractivity contribution in [2.75, 3.05) is 13.2 Å². The minimum atomic E-state index is -1.14. The number of aliphatic hydroxyl groups is 1. The molecule has 5 nitrogen and oxygen atoms in total. The van der Waals surface area contributed by atoms with Gasteiger partial charge in [-0.3, -0.25) is 0 Å². The van der Waals surface area contributed by atoms with Crippen LogP contribution in [0.2, 0.25) is 0 Å². The van der Waals surface area contributed by atoms with E-state index in [-0.39, 0.29) is 5.76 Å². The number of aliphatic hydroxyl groups excluding tert-OH is 1. The standard InChI is InChI=1S/C14H22O5/c1-3-5-7-17-13(15)11-9-12(19-10-11)14(16)18-8-6-4-2/h9-10,14,16H,3-8H2,1-2H3. The first kappa shape index (κ1) is 15.7. The summed E-state index contributed by atoms with van der Waals surface area (Å²) in [6, 6.07) is 1.45. The number of unbranched alkanes of at least 4 members (excludes halogenated alkanes) is 2. The number of ether oxygens (including phenoxy) is 2. The number of hydrogen-bond donors (Lipinski definition) is 1. The van der Waals surface area contributed by atoms with E-state index in [0.717, 1.165) is 25.7 Å². The molecular formula is C14H22O5. The molecule has 1 aromatic rings. The van der Waals surface area contributed by atoms with Crippen molar-refractivity contribution >= 4 is 5.97 Å². The van der Waals surface area contributed by atoms with Crippen LogP contribution in [0.15, 0.2) is 16.7 Å². The molecule has 0 fully saturated rings. The second kappa shape index (κ2) is 8.72. The van der Waals surface area contributed by atoms with Gasteiger partial charge in [0.2, 0.25) is 6.29 Å². The molecule has 1 aromatic heterocycles. The van der Waals surface area contributed by atoms with Gasteiger partial charge in [-0.1, -0.05) is 26.7 Å². The highest BCUT2D eigenvalue weighted by molar-refractivity contribution is 5.89. The van der Waals surface area contributed by atoms with E-state index in [1.807, 2.05) is 13.8 Å². The van der Waals surface area contributed by atoms with Gasteiger partial charge in [0, 0.05) is 0 Å². The zero-order chi connectivity index (χ0) is 14.1. The third-order valence-electron chi connectivity index (χ3n) is 2.60. The Morgan fingerprint density at radius 2 is 2.00 bits per heavy atom. The lowest BCUT2D eigenvalue weighted by Gasteiger charge is -2.08. The van der Waals surface area contributed by atoms with Gasteiger partial charge in [-0.2, -0.15) is 0 Å². The van der Waals surface area contributed by atoms with Gasteiger partial charge in [-0.15, -0.1) is 0 Å². The zero-order valence-electron chi connectivity index (χ0n) is 11.6. The van der Waals surface area contributed by atoms with Gasteiger partial charge in [0.15, 0.2) is 5.76 Å². The van der Waals surface area contributed by atoms with Crippen LogP contribution in [0.5, 0.6) is 0 Å². The van der Waals surface area contributed by atoms with E-state index in [2.05, 4.69) is 0 Å². The van der Waals surface area contributed by atoms with E-state index in [1.165, 1.54) is 12.3 Å². The first-order valence-corrected chi connectivity index (χ1v) is 6.74. The second-order valence-electron chi connectivity index (χ2n) is 4.30. The van der Waals surface area contributed by atoms with Crippen molar-refractivity contribution in [3.63, 3.8) is 0 Å². The SMILES string of the molecule is CCCCOC(=O)c1coc(C(O)OCCCC)c1. The molecule has 19 heavy (non-hydrogen) atoms. The van der Waals surface area contributed by atoms with Crippen LogP contribution >= 0.6 is 0 Å². The van der Waals surface area contributed by atoms with Crippen molar-refractivity contribution < 1.29 is 23.8 Å². The summed E-state index contributed by atoms with van der Waals surface area (Å²) in [6.07, 6.45) is 3.79. The minimum Gasteiger partial charge on any atom is -0.463 e. The number of carbonyl (C=O) groups is 1. The smallest absolute Gasteiger partial charge is 0.341 e. The van der Waals surface area contributed by atoms with Crippen LogP contribution in [0.3, 0.4) is 0 Å². The van der Waals surface area contributed by atoms with Crippen LogP contribution in [0.25, 0.3) is 0 Å². The van der Waals surface area contributed by atoms with Crippen molar-refractivity contribution in [2.24, 2.45) is 0 Å². The number of carbonyl (C=O) groups excluding carboxylic acids is 1. The van der Waals surface area contributed by atoms with Crippen LogP contribution in [-0.2, 0) is 9.47 Å². The molecule has 0 aromatic carbocycles. The Morgan fingerprint density at radius 1 is 1.32 bits per heavy atom. The molecule has 0 bridgehead atoms. The lowest BCUT2D eigenvalue weighted by atomic mass is 10.3. The molecule has 0 aliphatic rings. The molecule has 5 heteroatoms. The summed E-state index contributed by atoms with van der Waals surface area (Å²) in [6.45, 7) is 4.90. The predicted octanol–water partition coefficient (Wildman–Crippen LogP) is 3.04. The van der Waals surface area contributed by atoms with Crippen molar-refractivity contribution in [3.05, 3.63) is 23.7 Å². The third-order valence-corrected chi connectivity index (χ3v) is 2.60. The fraction of sp³-hybridized carbons (Fsp3) is 0.643. The maximum atomic E-state index is 11.6. The Hall–Kier alpha value is -1.33. The topological polar surface area (TPSA) is 68.9 Å². The van der Waals surface area contributed by atoms with Crippen LogP contribution in [0.4, 0.5) is 0 Å². The molecule has 1 rings (SSSR count). The van der Waals surface area contributed by atoms with Crippen molar-refractivity contribution in [1.29, 1.82) is 0 Å². The van der Waals surface area contributed by atoms with Crippen LogP contribution in [0.1, 0.15) is 61.9 Å². The Kier molecular flexibility index (Phi) is 7.22. The highest BCUT2D eigenvalue weighted by Crippen LogP contribution is 2.18. The van der Waals surface area contributed by atoms with Gasteiger partial charge in [-0.05, 0) is 18.9 Å². The normalized spacial score (nSPS) is 12.4. The average molecular weight is 270 g/mol. The number of esters is 1. The van der Waals surface area contributed by atoms with Gasteiger partial charge >= 0.3 is 5.97 Å². The van der Waals surface area contributed by atoms with Gasteiger partial charge in [0.1, 0.15) is 6.26 Å². The predicted molar refractivity (Wildman–Crippen MR) is 69.7 cm³/mol. The molecule has 0 aliphatic carbocycles. The van der Waals surface area contributed by atoms with Crippen molar-refractivity contribution in [1.82, 2.24) is 0 Å². The van der Waals surface area contributed by atoms with Crippen LogP contribution in [0, 0.1) is 0 Å². The van der Waals surface area contributed by atoms with E-state index in [4.69, 9.17) is 13.9 Å². The average Bonchev–Trinajstić information content (AvgIpc) is 2.89. The Balaban J connectivity index is 2.44. The second-order valence-corrected chi connectivity index (χ2v) is 4.30. The summed E-state index contributed by atoms with van der Waals surface area (Å²) in [5, 5.41) is 9.69. The molecule has 0 aliphatic heterocycles. The monoisotopic (exact) mass is 270 g/mol. The molecule has 1 atom stereocenters.